The molecule has 2 N–H and O–H groups in total. The molecule has 1 atom stereocenters. The second-order valence-electron chi connectivity index (χ2n) is 4.01. The predicted molar refractivity (Wildman–Crippen MR) is 59.5 cm³/mol. The summed E-state index contributed by atoms with van der Waals surface area (Å²) in [5.74, 6) is 0. The fraction of sp³-hybridized carbons (Fsp3) is 0.636. The minimum absolute atomic E-state index is 0.223. The highest BCUT2D eigenvalue weighted by Gasteiger charge is 1.96. The molecule has 0 fully saturated rings. The van der Waals surface area contributed by atoms with E-state index in [0.717, 1.165) is 6.54 Å². The van der Waals surface area contributed by atoms with E-state index in [-0.39, 0.29) is 6.04 Å². The molecule has 0 aliphatic carbocycles. The Labute approximate surface area is 82.1 Å². The Hall–Kier alpha value is -0.760. The summed E-state index contributed by atoms with van der Waals surface area (Å²) in [6.45, 7) is 9.21. The number of likely N-dealkylation sites (N-methyl/N-ethyl adjacent to an activating group) is 1. The molecule has 0 rings (SSSR count). The van der Waals surface area contributed by atoms with E-state index in [9.17, 15) is 0 Å². The maximum absolute atomic E-state index is 5.68. The first kappa shape index (κ1) is 12.2. The van der Waals surface area contributed by atoms with E-state index in [2.05, 4.69) is 37.9 Å². The predicted octanol–water partition coefficient (Wildman–Crippen LogP) is 2.14. The lowest BCUT2D eigenvalue weighted by atomic mass is 10.2. The van der Waals surface area contributed by atoms with Crippen LogP contribution in [0, 0.1) is 0 Å². The van der Waals surface area contributed by atoms with Crippen molar-refractivity contribution in [3.05, 3.63) is 23.4 Å². The number of nitrogens with two attached hydrogens (primary N) is 1. The molecular weight excluding hydrogens is 160 g/mol. The monoisotopic (exact) mass is 182 g/mol. The van der Waals surface area contributed by atoms with Gasteiger partial charge in [0.1, 0.15) is 0 Å². The highest BCUT2D eigenvalue weighted by atomic mass is 15.1. The van der Waals surface area contributed by atoms with Crippen LogP contribution in [-0.4, -0.2) is 24.5 Å². The van der Waals surface area contributed by atoms with Gasteiger partial charge < -0.3 is 10.6 Å². The molecule has 0 amide bonds. The third-order valence-electron chi connectivity index (χ3n) is 1.52. The van der Waals surface area contributed by atoms with Crippen LogP contribution in [0.3, 0.4) is 0 Å². The van der Waals surface area contributed by atoms with Crippen LogP contribution in [0.2, 0.25) is 0 Å². The zero-order chi connectivity index (χ0) is 10.4. The second kappa shape index (κ2) is 5.81. The van der Waals surface area contributed by atoms with Gasteiger partial charge in [0.05, 0.1) is 0 Å². The Morgan fingerprint density at radius 2 is 1.92 bits per heavy atom. The van der Waals surface area contributed by atoms with Gasteiger partial charge in [0.2, 0.25) is 0 Å². The average molecular weight is 182 g/mol. The first-order valence-corrected chi connectivity index (χ1v) is 4.71. The molecule has 0 spiro atoms. The van der Waals surface area contributed by atoms with Gasteiger partial charge in [-0.2, -0.15) is 0 Å². The Bertz CT molecular complexity index is 198. The van der Waals surface area contributed by atoms with Crippen LogP contribution in [0.4, 0.5) is 0 Å². The van der Waals surface area contributed by atoms with Crippen molar-refractivity contribution in [3.63, 3.8) is 0 Å². The highest BCUT2D eigenvalue weighted by Crippen LogP contribution is 2.02. The van der Waals surface area contributed by atoms with Crippen molar-refractivity contribution < 1.29 is 0 Å². The molecule has 13 heavy (non-hydrogen) atoms. The van der Waals surface area contributed by atoms with E-state index in [1.807, 2.05) is 14.0 Å². The summed E-state index contributed by atoms with van der Waals surface area (Å²) < 4.78 is 0. The van der Waals surface area contributed by atoms with E-state index in [0.29, 0.717) is 0 Å². The standard InChI is InChI=1S/C11H22N2/c1-9(2)6-10(3)7-13(5)8-11(4)12/h6-7,11H,8,12H2,1-5H3/b10-7-. The summed E-state index contributed by atoms with van der Waals surface area (Å²) in [4.78, 5) is 2.12. The Morgan fingerprint density at radius 3 is 2.31 bits per heavy atom. The summed E-state index contributed by atoms with van der Waals surface area (Å²) in [6.07, 6.45) is 4.29. The van der Waals surface area contributed by atoms with Crippen LogP contribution in [-0.2, 0) is 0 Å². The van der Waals surface area contributed by atoms with Gasteiger partial charge in [0, 0.05) is 25.8 Å². The Morgan fingerprint density at radius 1 is 1.38 bits per heavy atom. The van der Waals surface area contributed by atoms with Crippen LogP contribution in [0.5, 0.6) is 0 Å². The van der Waals surface area contributed by atoms with Gasteiger partial charge in [-0.05, 0) is 33.3 Å². The SMILES string of the molecule is CC(C)=C/C(C)=C\N(C)CC(C)N. The van der Waals surface area contributed by atoms with Gasteiger partial charge in [-0.1, -0.05) is 11.6 Å². The topological polar surface area (TPSA) is 29.3 Å². The van der Waals surface area contributed by atoms with Crippen molar-refractivity contribution in [1.29, 1.82) is 0 Å². The lowest BCUT2D eigenvalue weighted by Crippen LogP contribution is -2.29. The molecule has 0 aromatic heterocycles. The first-order chi connectivity index (χ1) is 5.91. The summed E-state index contributed by atoms with van der Waals surface area (Å²) in [5.41, 5.74) is 8.27. The van der Waals surface area contributed by atoms with Crippen molar-refractivity contribution in [3.8, 4) is 0 Å². The molecule has 0 aliphatic rings. The molecule has 0 saturated heterocycles. The maximum Gasteiger partial charge on any atom is 0.0318 e. The minimum Gasteiger partial charge on any atom is -0.379 e. The maximum atomic E-state index is 5.68. The Kier molecular flexibility index (Phi) is 5.47. The number of allylic oxidation sites excluding steroid dienone is 3. The molecule has 0 aliphatic heterocycles. The fourth-order valence-electron chi connectivity index (χ4n) is 1.35. The molecule has 1 unspecified atom stereocenters. The van der Waals surface area contributed by atoms with Crippen molar-refractivity contribution in [2.75, 3.05) is 13.6 Å². The van der Waals surface area contributed by atoms with Crippen molar-refractivity contribution in [1.82, 2.24) is 4.90 Å². The van der Waals surface area contributed by atoms with Crippen molar-refractivity contribution in [2.24, 2.45) is 5.73 Å². The van der Waals surface area contributed by atoms with E-state index >= 15 is 0 Å². The lowest BCUT2D eigenvalue weighted by Gasteiger charge is -2.17. The van der Waals surface area contributed by atoms with Crippen LogP contribution in [0.25, 0.3) is 0 Å². The van der Waals surface area contributed by atoms with E-state index < -0.39 is 0 Å². The van der Waals surface area contributed by atoms with E-state index in [1.165, 1.54) is 11.1 Å². The van der Waals surface area contributed by atoms with Crippen molar-refractivity contribution >= 4 is 0 Å². The zero-order valence-corrected chi connectivity index (χ0v) is 9.46. The summed E-state index contributed by atoms with van der Waals surface area (Å²) in [6, 6.07) is 0.223. The molecule has 0 aromatic carbocycles. The molecule has 2 heteroatoms. The normalized spacial score (nSPS) is 13.8. The van der Waals surface area contributed by atoms with E-state index in [4.69, 9.17) is 5.73 Å². The van der Waals surface area contributed by atoms with Crippen molar-refractivity contribution in [2.45, 2.75) is 33.7 Å². The van der Waals surface area contributed by atoms with Gasteiger partial charge in [-0.25, -0.2) is 0 Å². The third kappa shape index (κ3) is 7.60. The first-order valence-electron chi connectivity index (χ1n) is 4.71. The average Bonchev–Trinajstić information content (AvgIpc) is 1.80. The summed E-state index contributed by atoms with van der Waals surface area (Å²) in [5, 5.41) is 0. The molecule has 0 aromatic rings. The van der Waals surface area contributed by atoms with Gasteiger partial charge in [0.15, 0.2) is 0 Å². The molecule has 2 nitrogen and oxygen atoms in total. The van der Waals surface area contributed by atoms with Gasteiger partial charge in [-0.3, -0.25) is 0 Å². The second-order valence-corrected chi connectivity index (χ2v) is 4.01. The molecule has 0 bridgehead atoms. The van der Waals surface area contributed by atoms with Gasteiger partial charge in [0.25, 0.3) is 0 Å². The summed E-state index contributed by atoms with van der Waals surface area (Å²) in [7, 11) is 2.05. The third-order valence-corrected chi connectivity index (χ3v) is 1.52. The quantitative estimate of drug-likeness (QED) is 0.675. The number of nitrogens with zero attached hydrogens (tertiary/aromatic N) is 1. The number of hydrogen-bond donors (Lipinski definition) is 1. The van der Waals surface area contributed by atoms with E-state index in [1.54, 1.807) is 0 Å². The summed E-state index contributed by atoms with van der Waals surface area (Å²) >= 11 is 0. The zero-order valence-electron chi connectivity index (χ0n) is 9.46. The molecular formula is C11H22N2. The van der Waals surface area contributed by atoms with Crippen LogP contribution in [0.1, 0.15) is 27.7 Å². The largest absolute Gasteiger partial charge is 0.379 e. The van der Waals surface area contributed by atoms with Crippen LogP contribution >= 0.6 is 0 Å². The molecule has 0 radical (unpaired) electrons. The minimum atomic E-state index is 0.223. The number of hydrogen-bond acceptors (Lipinski definition) is 2. The lowest BCUT2D eigenvalue weighted by molar-refractivity contribution is 0.421. The Balaban J connectivity index is 4.14. The van der Waals surface area contributed by atoms with Gasteiger partial charge in [-0.15, -0.1) is 0 Å². The van der Waals surface area contributed by atoms with Gasteiger partial charge >= 0.3 is 0 Å². The smallest absolute Gasteiger partial charge is 0.0318 e. The molecule has 0 heterocycles. The van der Waals surface area contributed by atoms with Crippen LogP contribution < -0.4 is 5.73 Å². The highest BCUT2D eigenvalue weighted by molar-refractivity contribution is 5.18. The molecule has 0 saturated carbocycles. The van der Waals surface area contributed by atoms with Crippen LogP contribution in [0.15, 0.2) is 23.4 Å². The number of rotatable bonds is 4. The molecule has 76 valence electrons. The fourth-order valence-corrected chi connectivity index (χ4v) is 1.35.